The van der Waals surface area contributed by atoms with Crippen LogP contribution in [0.1, 0.15) is 21.5 Å². The highest BCUT2D eigenvalue weighted by molar-refractivity contribution is 6.05. The molecule has 2 aromatic rings. The summed E-state index contributed by atoms with van der Waals surface area (Å²) in [6.45, 7) is 3.84. The van der Waals surface area contributed by atoms with Gasteiger partial charge in [-0.3, -0.25) is 4.79 Å². The van der Waals surface area contributed by atoms with Gasteiger partial charge in [-0.2, -0.15) is 0 Å². The first kappa shape index (κ1) is 14.9. The van der Waals surface area contributed by atoms with Crippen LogP contribution in [-0.4, -0.2) is 20.1 Å². The summed E-state index contributed by atoms with van der Waals surface area (Å²) in [7, 11) is 3.15. The van der Waals surface area contributed by atoms with Crippen LogP contribution in [0.5, 0.6) is 11.5 Å². The van der Waals surface area contributed by atoms with E-state index >= 15 is 0 Å². The van der Waals surface area contributed by atoms with E-state index in [-0.39, 0.29) is 5.91 Å². The summed E-state index contributed by atoms with van der Waals surface area (Å²) in [5, 5.41) is 2.90. The van der Waals surface area contributed by atoms with Crippen LogP contribution in [0, 0.1) is 13.8 Å². The molecule has 0 saturated heterocycles. The third-order valence-electron chi connectivity index (χ3n) is 3.41. The summed E-state index contributed by atoms with van der Waals surface area (Å²) in [6, 6.07) is 11.1. The molecule has 0 fully saturated rings. The van der Waals surface area contributed by atoms with Crippen LogP contribution in [0.15, 0.2) is 36.4 Å². The lowest BCUT2D eigenvalue weighted by Gasteiger charge is -2.13. The lowest BCUT2D eigenvalue weighted by molar-refractivity contribution is 0.102. The van der Waals surface area contributed by atoms with Gasteiger partial charge in [0.1, 0.15) is 11.5 Å². The van der Waals surface area contributed by atoms with E-state index < -0.39 is 0 Å². The van der Waals surface area contributed by atoms with Gasteiger partial charge in [0.25, 0.3) is 5.91 Å². The lowest BCUT2D eigenvalue weighted by Crippen LogP contribution is -2.13. The molecule has 0 atom stereocenters. The zero-order chi connectivity index (χ0) is 15.4. The zero-order valence-corrected chi connectivity index (χ0v) is 12.7. The Bertz CT molecular complexity index is 640. The molecule has 0 heterocycles. The van der Waals surface area contributed by atoms with E-state index in [1.54, 1.807) is 26.4 Å². The number of anilines is 1. The van der Waals surface area contributed by atoms with Crippen molar-refractivity contribution in [2.45, 2.75) is 13.8 Å². The van der Waals surface area contributed by atoms with Crippen molar-refractivity contribution in [1.82, 2.24) is 0 Å². The van der Waals surface area contributed by atoms with Crippen molar-refractivity contribution in [2.75, 3.05) is 19.5 Å². The molecule has 0 aliphatic rings. The van der Waals surface area contributed by atoms with Crippen LogP contribution in [0.2, 0.25) is 0 Å². The number of carbonyl (C=O) groups excluding carboxylic acids is 1. The van der Waals surface area contributed by atoms with Crippen molar-refractivity contribution >= 4 is 11.6 Å². The smallest absolute Gasteiger partial charge is 0.255 e. The second-order valence-electron chi connectivity index (χ2n) is 4.77. The van der Waals surface area contributed by atoms with E-state index in [1.165, 1.54) is 0 Å². The summed E-state index contributed by atoms with van der Waals surface area (Å²) in [6.07, 6.45) is 0. The van der Waals surface area contributed by atoms with Gasteiger partial charge in [0, 0.05) is 16.8 Å². The molecule has 1 amide bonds. The molecule has 2 aromatic carbocycles. The van der Waals surface area contributed by atoms with Crippen LogP contribution in [0.25, 0.3) is 0 Å². The predicted molar refractivity (Wildman–Crippen MR) is 83.4 cm³/mol. The Hall–Kier alpha value is -2.49. The SMILES string of the molecule is COc1cc(C(=O)Nc2ccccc2C)cc(OC)c1C. The number of nitrogens with one attached hydrogen (secondary N) is 1. The van der Waals surface area contributed by atoms with Gasteiger partial charge in [0.05, 0.1) is 14.2 Å². The number of benzene rings is 2. The van der Waals surface area contributed by atoms with Crippen LogP contribution in [-0.2, 0) is 0 Å². The molecular formula is C17H19NO3. The van der Waals surface area contributed by atoms with E-state index in [1.807, 2.05) is 38.1 Å². The second kappa shape index (κ2) is 6.31. The first-order valence-corrected chi connectivity index (χ1v) is 6.66. The number of ether oxygens (including phenoxy) is 2. The number of amides is 1. The maximum absolute atomic E-state index is 12.4. The third kappa shape index (κ3) is 3.16. The molecule has 21 heavy (non-hydrogen) atoms. The monoisotopic (exact) mass is 285 g/mol. The molecule has 0 aliphatic heterocycles. The highest BCUT2D eigenvalue weighted by Gasteiger charge is 2.14. The fraction of sp³-hybridized carbons (Fsp3) is 0.235. The van der Waals surface area contributed by atoms with E-state index in [4.69, 9.17) is 9.47 Å². The van der Waals surface area contributed by atoms with E-state index in [0.29, 0.717) is 17.1 Å². The summed E-state index contributed by atoms with van der Waals surface area (Å²) in [4.78, 5) is 12.4. The number of methoxy groups -OCH3 is 2. The van der Waals surface area contributed by atoms with Crippen molar-refractivity contribution in [3.63, 3.8) is 0 Å². The van der Waals surface area contributed by atoms with Gasteiger partial charge in [0.15, 0.2) is 0 Å². The van der Waals surface area contributed by atoms with Gasteiger partial charge in [-0.1, -0.05) is 18.2 Å². The third-order valence-corrected chi connectivity index (χ3v) is 3.41. The van der Waals surface area contributed by atoms with Gasteiger partial charge < -0.3 is 14.8 Å². The Balaban J connectivity index is 2.33. The number of hydrogen-bond acceptors (Lipinski definition) is 3. The first-order valence-electron chi connectivity index (χ1n) is 6.66. The lowest BCUT2D eigenvalue weighted by atomic mass is 10.1. The van der Waals surface area contributed by atoms with Crippen molar-refractivity contribution in [1.29, 1.82) is 0 Å². The summed E-state index contributed by atoms with van der Waals surface area (Å²) in [5.74, 6) is 1.06. The number of aryl methyl sites for hydroxylation is 1. The summed E-state index contributed by atoms with van der Waals surface area (Å²) >= 11 is 0. The summed E-state index contributed by atoms with van der Waals surface area (Å²) in [5.41, 5.74) is 3.17. The molecule has 0 aliphatic carbocycles. The Morgan fingerprint density at radius 2 is 1.57 bits per heavy atom. The fourth-order valence-electron chi connectivity index (χ4n) is 2.12. The van der Waals surface area contributed by atoms with Crippen LogP contribution in [0.3, 0.4) is 0 Å². The van der Waals surface area contributed by atoms with Crippen molar-refractivity contribution in [3.8, 4) is 11.5 Å². The highest BCUT2D eigenvalue weighted by atomic mass is 16.5. The van der Waals surface area contributed by atoms with Crippen LogP contribution < -0.4 is 14.8 Å². The normalized spacial score (nSPS) is 10.1. The number of rotatable bonds is 4. The van der Waals surface area contributed by atoms with Crippen molar-refractivity contribution in [3.05, 3.63) is 53.1 Å². The van der Waals surface area contributed by atoms with Crippen LogP contribution in [0.4, 0.5) is 5.69 Å². The average molecular weight is 285 g/mol. The maximum atomic E-state index is 12.4. The minimum absolute atomic E-state index is 0.194. The molecule has 0 aromatic heterocycles. The van der Waals surface area contributed by atoms with E-state index in [0.717, 1.165) is 16.8 Å². The van der Waals surface area contributed by atoms with Gasteiger partial charge in [-0.15, -0.1) is 0 Å². The van der Waals surface area contributed by atoms with E-state index in [9.17, 15) is 4.79 Å². The Morgan fingerprint density at radius 1 is 1.00 bits per heavy atom. The van der Waals surface area contributed by atoms with E-state index in [2.05, 4.69) is 5.32 Å². The number of para-hydroxylation sites is 1. The summed E-state index contributed by atoms with van der Waals surface area (Å²) < 4.78 is 10.6. The average Bonchev–Trinajstić information content (AvgIpc) is 2.49. The minimum atomic E-state index is -0.194. The predicted octanol–water partition coefficient (Wildman–Crippen LogP) is 3.57. The topological polar surface area (TPSA) is 47.6 Å². The Kier molecular flexibility index (Phi) is 4.48. The molecule has 2 rings (SSSR count). The number of hydrogen-bond donors (Lipinski definition) is 1. The maximum Gasteiger partial charge on any atom is 0.255 e. The molecule has 0 saturated carbocycles. The quantitative estimate of drug-likeness (QED) is 0.934. The molecular weight excluding hydrogens is 266 g/mol. The Labute approximate surface area is 124 Å². The minimum Gasteiger partial charge on any atom is -0.496 e. The molecule has 110 valence electrons. The molecule has 4 heteroatoms. The molecule has 0 bridgehead atoms. The second-order valence-corrected chi connectivity index (χ2v) is 4.77. The fourth-order valence-corrected chi connectivity index (χ4v) is 2.12. The molecule has 0 radical (unpaired) electrons. The zero-order valence-electron chi connectivity index (χ0n) is 12.7. The number of carbonyl (C=O) groups is 1. The molecule has 0 spiro atoms. The van der Waals surface area contributed by atoms with Gasteiger partial charge in [0.2, 0.25) is 0 Å². The van der Waals surface area contributed by atoms with Crippen molar-refractivity contribution in [2.24, 2.45) is 0 Å². The molecule has 1 N–H and O–H groups in total. The highest BCUT2D eigenvalue weighted by Crippen LogP contribution is 2.30. The molecule has 0 unspecified atom stereocenters. The largest absolute Gasteiger partial charge is 0.496 e. The van der Waals surface area contributed by atoms with Crippen molar-refractivity contribution < 1.29 is 14.3 Å². The molecule has 4 nitrogen and oxygen atoms in total. The standard InChI is InChI=1S/C17H19NO3/c1-11-7-5-6-8-14(11)18-17(19)13-9-15(20-3)12(2)16(10-13)21-4/h5-10H,1-4H3,(H,18,19). The first-order chi connectivity index (χ1) is 10.1. The van der Waals surface area contributed by atoms with Gasteiger partial charge in [-0.05, 0) is 37.6 Å². The van der Waals surface area contributed by atoms with Gasteiger partial charge in [-0.25, -0.2) is 0 Å². The van der Waals surface area contributed by atoms with Crippen LogP contribution >= 0.6 is 0 Å². The Morgan fingerprint density at radius 3 is 2.10 bits per heavy atom. The van der Waals surface area contributed by atoms with Gasteiger partial charge >= 0.3 is 0 Å².